The highest BCUT2D eigenvalue weighted by atomic mass is 16.2. The summed E-state index contributed by atoms with van der Waals surface area (Å²) >= 11 is 0. The van der Waals surface area contributed by atoms with E-state index in [4.69, 9.17) is 0 Å². The highest BCUT2D eigenvalue weighted by Crippen LogP contribution is 2.34. The van der Waals surface area contributed by atoms with Gasteiger partial charge in [-0.15, -0.1) is 0 Å². The maximum absolute atomic E-state index is 12.7. The molecule has 0 saturated carbocycles. The molecule has 1 aliphatic rings. The predicted molar refractivity (Wildman–Crippen MR) is 96.3 cm³/mol. The van der Waals surface area contributed by atoms with Crippen LogP contribution in [0.1, 0.15) is 30.0 Å². The number of anilines is 2. The summed E-state index contributed by atoms with van der Waals surface area (Å²) in [5.74, 6) is -0.406. The van der Waals surface area contributed by atoms with Gasteiger partial charge in [0, 0.05) is 19.9 Å². The van der Waals surface area contributed by atoms with Crippen molar-refractivity contribution in [1.82, 2.24) is 0 Å². The standard InChI is InChI=1S/C20H22N2O2/c1-14-6-8-16(9-7-14)10-11-19(24)22(15(2)23)18-5-3-4-17-12-13-21-20(17)18/h3-9,21H,10-13H2,1-2H3. The van der Waals surface area contributed by atoms with Crippen molar-refractivity contribution in [3.63, 3.8) is 0 Å². The van der Waals surface area contributed by atoms with Gasteiger partial charge in [0.25, 0.3) is 0 Å². The molecule has 2 amide bonds. The normalized spacial score (nSPS) is 12.4. The summed E-state index contributed by atoms with van der Waals surface area (Å²) in [5.41, 5.74) is 5.04. The van der Waals surface area contributed by atoms with Gasteiger partial charge in [0.2, 0.25) is 11.8 Å². The quantitative estimate of drug-likeness (QED) is 0.937. The Morgan fingerprint density at radius 2 is 1.88 bits per heavy atom. The first-order valence-electron chi connectivity index (χ1n) is 8.31. The number of benzene rings is 2. The molecule has 4 heteroatoms. The molecule has 0 atom stereocenters. The van der Waals surface area contributed by atoms with Gasteiger partial charge in [-0.3, -0.25) is 9.59 Å². The molecular weight excluding hydrogens is 300 g/mol. The third-order valence-electron chi connectivity index (χ3n) is 4.38. The molecule has 2 aromatic carbocycles. The largest absolute Gasteiger partial charge is 0.383 e. The van der Waals surface area contributed by atoms with Gasteiger partial charge in [-0.2, -0.15) is 0 Å². The van der Waals surface area contributed by atoms with Crippen LogP contribution in [0.5, 0.6) is 0 Å². The van der Waals surface area contributed by atoms with Crippen LogP contribution in [0.4, 0.5) is 11.4 Å². The molecule has 0 aliphatic carbocycles. The van der Waals surface area contributed by atoms with Crippen molar-refractivity contribution in [3.8, 4) is 0 Å². The van der Waals surface area contributed by atoms with E-state index >= 15 is 0 Å². The molecule has 0 spiro atoms. The highest BCUT2D eigenvalue weighted by Gasteiger charge is 2.25. The number of para-hydroxylation sites is 1. The molecule has 124 valence electrons. The highest BCUT2D eigenvalue weighted by molar-refractivity contribution is 6.16. The molecule has 0 saturated heterocycles. The van der Waals surface area contributed by atoms with Crippen LogP contribution in [0.3, 0.4) is 0 Å². The molecule has 1 aliphatic heterocycles. The van der Waals surface area contributed by atoms with E-state index in [1.54, 1.807) is 0 Å². The molecule has 1 N–H and O–H groups in total. The molecule has 0 aromatic heterocycles. The molecule has 0 radical (unpaired) electrons. The van der Waals surface area contributed by atoms with E-state index in [0.29, 0.717) is 18.5 Å². The summed E-state index contributed by atoms with van der Waals surface area (Å²) in [5, 5.41) is 3.29. The molecule has 2 aromatic rings. The summed E-state index contributed by atoms with van der Waals surface area (Å²) < 4.78 is 0. The van der Waals surface area contributed by atoms with Crippen LogP contribution in [0.25, 0.3) is 0 Å². The number of hydrogen-bond acceptors (Lipinski definition) is 3. The third kappa shape index (κ3) is 3.32. The lowest BCUT2D eigenvalue weighted by Gasteiger charge is -2.22. The number of carbonyl (C=O) groups is 2. The van der Waals surface area contributed by atoms with Gasteiger partial charge in [0.1, 0.15) is 0 Å². The lowest BCUT2D eigenvalue weighted by Crippen LogP contribution is -2.35. The second-order valence-corrected chi connectivity index (χ2v) is 6.22. The van der Waals surface area contributed by atoms with E-state index in [9.17, 15) is 9.59 Å². The molecule has 0 unspecified atom stereocenters. The maximum atomic E-state index is 12.7. The fourth-order valence-corrected chi connectivity index (χ4v) is 3.10. The number of rotatable bonds is 4. The van der Waals surface area contributed by atoms with Crippen LogP contribution < -0.4 is 10.2 Å². The number of hydrogen-bond donors (Lipinski definition) is 1. The Labute approximate surface area is 142 Å². The van der Waals surface area contributed by atoms with Crippen LogP contribution in [-0.4, -0.2) is 18.4 Å². The topological polar surface area (TPSA) is 49.4 Å². The van der Waals surface area contributed by atoms with E-state index in [2.05, 4.69) is 5.32 Å². The minimum Gasteiger partial charge on any atom is -0.383 e. The fourth-order valence-electron chi connectivity index (χ4n) is 3.10. The van der Waals surface area contributed by atoms with E-state index in [-0.39, 0.29) is 11.8 Å². The van der Waals surface area contributed by atoms with E-state index in [0.717, 1.165) is 29.8 Å². The van der Waals surface area contributed by atoms with Crippen LogP contribution in [0.15, 0.2) is 42.5 Å². The van der Waals surface area contributed by atoms with Gasteiger partial charge in [0.15, 0.2) is 0 Å². The number of amides is 2. The molecule has 0 bridgehead atoms. The first kappa shape index (κ1) is 16.2. The number of fused-ring (bicyclic) bond motifs is 1. The van der Waals surface area contributed by atoms with Crippen LogP contribution in [-0.2, 0) is 22.4 Å². The van der Waals surface area contributed by atoms with E-state index in [1.165, 1.54) is 17.4 Å². The second-order valence-electron chi connectivity index (χ2n) is 6.22. The smallest absolute Gasteiger partial charge is 0.234 e. The Balaban J connectivity index is 1.78. The number of imide groups is 1. The van der Waals surface area contributed by atoms with Crippen molar-refractivity contribution in [2.24, 2.45) is 0 Å². The second kappa shape index (κ2) is 6.87. The Morgan fingerprint density at radius 1 is 1.12 bits per heavy atom. The van der Waals surface area contributed by atoms with Gasteiger partial charge in [-0.05, 0) is 37.0 Å². The van der Waals surface area contributed by atoms with Gasteiger partial charge < -0.3 is 5.32 Å². The van der Waals surface area contributed by atoms with Gasteiger partial charge in [-0.1, -0.05) is 42.0 Å². The van der Waals surface area contributed by atoms with Crippen LogP contribution in [0.2, 0.25) is 0 Å². The molecular formula is C20H22N2O2. The average Bonchev–Trinajstić information content (AvgIpc) is 3.04. The summed E-state index contributed by atoms with van der Waals surface area (Å²) in [6.45, 7) is 4.32. The first-order chi connectivity index (χ1) is 11.6. The number of nitrogens with one attached hydrogen (secondary N) is 1. The number of carbonyl (C=O) groups excluding carboxylic acids is 2. The zero-order valence-corrected chi connectivity index (χ0v) is 14.1. The minimum atomic E-state index is -0.244. The predicted octanol–water partition coefficient (Wildman–Crippen LogP) is 3.48. The van der Waals surface area contributed by atoms with Crippen LogP contribution in [0, 0.1) is 6.92 Å². The zero-order valence-electron chi connectivity index (χ0n) is 14.1. The molecule has 0 fully saturated rings. The monoisotopic (exact) mass is 322 g/mol. The summed E-state index contributed by atoms with van der Waals surface area (Å²) in [4.78, 5) is 26.1. The van der Waals surface area contributed by atoms with Crippen molar-refractivity contribution in [2.45, 2.75) is 33.1 Å². The Morgan fingerprint density at radius 3 is 2.58 bits per heavy atom. The molecule has 24 heavy (non-hydrogen) atoms. The first-order valence-corrected chi connectivity index (χ1v) is 8.31. The molecule has 4 nitrogen and oxygen atoms in total. The maximum Gasteiger partial charge on any atom is 0.234 e. The molecule has 1 heterocycles. The average molecular weight is 322 g/mol. The van der Waals surface area contributed by atoms with Crippen molar-refractivity contribution in [3.05, 3.63) is 59.2 Å². The number of aryl methyl sites for hydroxylation is 2. The van der Waals surface area contributed by atoms with Gasteiger partial charge in [0.05, 0.1) is 11.4 Å². The minimum absolute atomic E-state index is 0.162. The Kier molecular flexibility index (Phi) is 4.65. The molecule has 3 rings (SSSR count). The zero-order chi connectivity index (χ0) is 17.1. The van der Waals surface area contributed by atoms with E-state index in [1.807, 2.05) is 49.4 Å². The van der Waals surface area contributed by atoms with Crippen molar-refractivity contribution >= 4 is 23.2 Å². The SMILES string of the molecule is CC(=O)N(C(=O)CCc1ccc(C)cc1)c1cccc2c1NCC2. The Hall–Kier alpha value is -2.62. The lowest BCUT2D eigenvalue weighted by atomic mass is 10.1. The van der Waals surface area contributed by atoms with Gasteiger partial charge >= 0.3 is 0 Å². The van der Waals surface area contributed by atoms with E-state index < -0.39 is 0 Å². The third-order valence-corrected chi connectivity index (χ3v) is 4.38. The van der Waals surface area contributed by atoms with Crippen molar-refractivity contribution in [1.29, 1.82) is 0 Å². The summed E-state index contributed by atoms with van der Waals surface area (Å²) in [6, 6.07) is 13.9. The lowest BCUT2D eigenvalue weighted by molar-refractivity contribution is -0.125. The van der Waals surface area contributed by atoms with Crippen LogP contribution >= 0.6 is 0 Å². The fraction of sp³-hybridized carbons (Fsp3) is 0.300. The Bertz CT molecular complexity index is 766. The van der Waals surface area contributed by atoms with Crippen molar-refractivity contribution in [2.75, 3.05) is 16.8 Å². The number of nitrogens with zero attached hydrogens (tertiary/aromatic N) is 1. The van der Waals surface area contributed by atoms with Crippen molar-refractivity contribution < 1.29 is 9.59 Å². The summed E-state index contributed by atoms with van der Waals surface area (Å²) in [7, 11) is 0. The summed E-state index contributed by atoms with van der Waals surface area (Å²) in [6.07, 6.45) is 1.87. The van der Waals surface area contributed by atoms with Gasteiger partial charge in [-0.25, -0.2) is 4.90 Å².